The predicted octanol–water partition coefficient (Wildman–Crippen LogP) is 1.87. The third-order valence-corrected chi connectivity index (χ3v) is 4.77. The van der Waals surface area contributed by atoms with Gasteiger partial charge in [0.1, 0.15) is 0 Å². The number of esters is 1. The number of hydrogen-bond donors (Lipinski definition) is 1. The van der Waals surface area contributed by atoms with Gasteiger partial charge < -0.3 is 4.74 Å². The fourth-order valence-corrected chi connectivity index (χ4v) is 3.16. The van der Waals surface area contributed by atoms with E-state index in [1.165, 1.54) is 11.7 Å². The number of hydrogen-bond acceptors (Lipinski definition) is 6. The zero-order chi connectivity index (χ0) is 22.0. The van der Waals surface area contributed by atoms with Crippen LogP contribution in [0.5, 0.6) is 0 Å². The van der Waals surface area contributed by atoms with Crippen molar-refractivity contribution in [2.24, 2.45) is 7.05 Å². The molecule has 0 saturated heterocycles. The largest absolute Gasteiger partial charge is 0.457 e. The number of nitrogens with zero attached hydrogens (tertiary/aromatic N) is 3. The van der Waals surface area contributed by atoms with Crippen LogP contribution in [0.1, 0.15) is 45.6 Å². The van der Waals surface area contributed by atoms with Gasteiger partial charge in [-0.25, -0.2) is 4.68 Å². The molecule has 9 heteroatoms. The molecule has 0 aliphatic carbocycles. The number of amides is 1. The minimum Gasteiger partial charge on any atom is -0.457 e. The number of carbonyl (C=O) groups excluding carboxylic acids is 3. The quantitative estimate of drug-likeness (QED) is 0.490. The molecule has 2 heterocycles. The van der Waals surface area contributed by atoms with Crippen LogP contribution in [-0.4, -0.2) is 38.7 Å². The Balaban J connectivity index is 1.92. The molecule has 1 N–H and O–H groups in total. The lowest BCUT2D eigenvalue weighted by atomic mass is 10.1. The van der Waals surface area contributed by atoms with E-state index in [1.54, 1.807) is 51.1 Å². The maximum Gasteiger partial charge on any atom is 0.305 e. The van der Waals surface area contributed by atoms with Gasteiger partial charge in [0.25, 0.3) is 11.5 Å². The van der Waals surface area contributed by atoms with Gasteiger partial charge in [-0.2, -0.15) is 5.10 Å². The number of fused-ring (bicyclic) bond motifs is 1. The van der Waals surface area contributed by atoms with E-state index in [0.717, 1.165) is 4.68 Å². The summed E-state index contributed by atoms with van der Waals surface area (Å²) in [5.41, 5.74) is 3.96. The van der Waals surface area contributed by atoms with E-state index in [-0.39, 0.29) is 30.1 Å². The van der Waals surface area contributed by atoms with Crippen LogP contribution in [0.25, 0.3) is 10.8 Å². The second-order valence-electron chi connectivity index (χ2n) is 6.82. The van der Waals surface area contributed by atoms with Gasteiger partial charge in [0, 0.05) is 35.8 Å². The van der Waals surface area contributed by atoms with Crippen molar-refractivity contribution in [2.75, 3.05) is 12.0 Å². The van der Waals surface area contributed by atoms with Crippen molar-refractivity contribution in [2.45, 2.75) is 27.2 Å². The summed E-state index contributed by atoms with van der Waals surface area (Å²) in [5, 5.41) is 4.93. The molecule has 0 aliphatic rings. The van der Waals surface area contributed by atoms with Crippen molar-refractivity contribution in [1.82, 2.24) is 14.5 Å². The molecule has 3 rings (SSSR count). The molecule has 0 fully saturated rings. The average molecular weight is 410 g/mol. The molecule has 0 spiro atoms. The molecule has 9 nitrogen and oxygen atoms in total. The predicted molar refractivity (Wildman–Crippen MR) is 110 cm³/mol. The lowest BCUT2D eigenvalue weighted by Gasteiger charge is -2.13. The normalized spacial score (nSPS) is 10.8. The van der Waals surface area contributed by atoms with E-state index < -0.39 is 11.9 Å². The zero-order valence-corrected chi connectivity index (χ0v) is 17.2. The Morgan fingerprint density at radius 1 is 1.13 bits per heavy atom. The number of nitrogens with one attached hydrogen (secondary N) is 1. The highest BCUT2D eigenvalue weighted by Gasteiger charge is 2.21. The number of rotatable bonds is 6. The molecule has 0 bridgehead atoms. The van der Waals surface area contributed by atoms with Crippen molar-refractivity contribution >= 4 is 28.4 Å². The van der Waals surface area contributed by atoms with Crippen LogP contribution < -0.4 is 11.0 Å². The lowest BCUT2D eigenvalue weighted by Crippen LogP contribution is -2.30. The maximum absolute atomic E-state index is 13.0. The van der Waals surface area contributed by atoms with Crippen LogP contribution in [0.4, 0.5) is 0 Å². The number of carbonyl (C=O) groups is 3. The molecule has 0 saturated carbocycles. The summed E-state index contributed by atoms with van der Waals surface area (Å²) < 4.78 is 7.49. The van der Waals surface area contributed by atoms with Gasteiger partial charge in [-0.15, -0.1) is 0 Å². The SMILES string of the molecule is CCC(=O)OCC(=O)c1cc(C)n(NC(=O)c2nn(C)c(=O)c3ccccc23)c1C. The fraction of sp³-hybridized carbons (Fsp3) is 0.286. The summed E-state index contributed by atoms with van der Waals surface area (Å²) in [4.78, 5) is 48.9. The molecular formula is C21H22N4O5. The average Bonchev–Trinajstić information content (AvgIpc) is 3.02. The summed E-state index contributed by atoms with van der Waals surface area (Å²) in [6.07, 6.45) is 0.183. The van der Waals surface area contributed by atoms with Crippen LogP contribution in [-0.2, 0) is 16.6 Å². The lowest BCUT2D eigenvalue weighted by molar-refractivity contribution is -0.142. The number of Topliss-reactive ketones (excluding diaryl/α,β-unsaturated/α-hetero) is 1. The van der Waals surface area contributed by atoms with E-state index >= 15 is 0 Å². The number of aromatic nitrogens is 3. The van der Waals surface area contributed by atoms with Gasteiger partial charge in [-0.3, -0.25) is 29.3 Å². The molecule has 2 aromatic heterocycles. The van der Waals surface area contributed by atoms with Crippen LogP contribution in [0.2, 0.25) is 0 Å². The minimum absolute atomic E-state index is 0.0879. The van der Waals surface area contributed by atoms with Crippen LogP contribution >= 0.6 is 0 Å². The van der Waals surface area contributed by atoms with E-state index in [9.17, 15) is 19.2 Å². The van der Waals surface area contributed by atoms with Crippen molar-refractivity contribution in [3.63, 3.8) is 0 Å². The first-order valence-electron chi connectivity index (χ1n) is 9.39. The van der Waals surface area contributed by atoms with Crippen molar-refractivity contribution in [3.8, 4) is 0 Å². The first-order chi connectivity index (χ1) is 14.2. The summed E-state index contributed by atoms with van der Waals surface area (Å²) in [6.45, 7) is 4.69. The topological polar surface area (TPSA) is 112 Å². The molecule has 3 aromatic rings. The van der Waals surface area contributed by atoms with E-state index in [4.69, 9.17) is 4.74 Å². The standard InChI is InChI=1S/C21H22N4O5/c1-5-18(27)30-11-17(26)16-10-12(2)25(13(16)3)23-20(28)19-14-8-6-7-9-15(14)21(29)24(4)22-19/h6-10H,5,11H2,1-4H3,(H,23,28). The third-order valence-electron chi connectivity index (χ3n) is 4.77. The summed E-state index contributed by atoms with van der Waals surface area (Å²) in [6, 6.07) is 8.35. The Morgan fingerprint density at radius 2 is 1.80 bits per heavy atom. The second-order valence-corrected chi connectivity index (χ2v) is 6.82. The Labute approximate surface area is 172 Å². The Morgan fingerprint density at radius 3 is 2.47 bits per heavy atom. The molecular weight excluding hydrogens is 388 g/mol. The number of ether oxygens (including phenoxy) is 1. The summed E-state index contributed by atoms with van der Waals surface area (Å²) >= 11 is 0. The van der Waals surface area contributed by atoms with Crippen LogP contribution in [0.15, 0.2) is 35.1 Å². The Hall–Kier alpha value is -3.75. The molecule has 156 valence electrons. The smallest absolute Gasteiger partial charge is 0.305 e. The molecule has 1 aromatic carbocycles. The fourth-order valence-electron chi connectivity index (χ4n) is 3.16. The second kappa shape index (κ2) is 8.32. The van der Waals surface area contributed by atoms with E-state index in [0.29, 0.717) is 27.7 Å². The summed E-state index contributed by atoms with van der Waals surface area (Å²) in [7, 11) is 1.48. The maximum atomic E-state index is 13.0. The molecule has 0 atom stereocenters. The Kier molecular flexibility index (Phi) is 5.81. The molecule has 30 heavy (non-hydrogen) atoms. The molecule has 1 amide bonds. The number of aryl methyl sites for hydroxylation is 2. The third kappa shape index (κ3) is 3.86. The van der Waals surface area contributed by atoms with Crippen LogP contribution in [0, 0.1) is 13.8 Å². The van der Waals surface area contributed by atoms with Crippen LogP contribution in [0.3, 0.4) is 0 Å². The van der Waals surface area contributed by atoms with Gasteiger partial charge in [0.15, 0.2) is 12.3 Å². The highest BCUT2D eigenvalue weighted by molar-refractivity contribution is 6.08. The molecule has 0 aliphatic heterocycles. The van der Waals surface area contributed by atoms with Crippen molar-refractivity contribution in [3.05, 3.63) is 63.3 Å². The monoisotopic (exact) mass is 410 g/mol. The highest BCUT2D eigenvalue weighted by Crippen LogP contribution is 2.17. The zero-order valence-electron chi connectivity index (χ0n) is 17.2. The van der Waals surface area contributed by atoms with E-state index in [1.807, 2.05) is 0 Å². The van der Waals surface area contributed by atoms with Crippen molar-refractivity contribution < 1.29 is 19.1 Å². The number of ketones is 1. The first-order valence-corrected chi connectivity index (χ1v) is 9.39. The first kappa shape index (κ1) is 21.0. The number of benzene rings is 1. The highest BCUT2D eigenvalue weighted by atomic mass is 16.5. The Bertz CT molecular complexity index is 1220. The van der Waals surface area contributed by atoms with Gasteiger partial charge >= 0.3 is 5.97 Å². The van der Waals surface area contributed by atoms with E-state index in [2.05, 4.69) is 10.5 Å². The molecule has 0 unspecified atom stereocenters. The van der Waals surface area contributed by atoms with Gasteiger partial charge in [-0.1, -0.05) is 25.1 Å². The van der Waals surface area contributed by atoms with Gasteiger partial charge in [-0.05, 0) is 26.0 Å². The molecule has 0 radical (unpaired) electrons. The summed E-state index contributed by atoms with van der Waals surface area (Å²) in [5.74, 6) is -1.35. The van der Waals surface area contributed by atoms with Gasteiger partial charge in [0.05, 0.1) is 5.39 Å². The van der Waals surface area contributed by atoms with Gasteiger partial charge in [0.2, 0.25) is 5.78 Å². The minimum atomic E-state index is -0.528. The van der Waals surface area contributed by atoms with Crippen molar-refractivity contribution in [1.29, 1.82) is 0 Å².